The molecule has 1 aliphatic carbocycles. The summed E-state index contributed by atoms with van der Waals surface area (Å²) < 4.78 is 8.41. The molecule has 168 valence electrons. The number of fused-ring (bicyclic) bond motifs is 3. The maximum atomic E-state index is 13.8. The topological polar surface area (TPSA) is 67.5 Å². The van der Waals surface area contributed by atoms with E-state index in [1.807, 2.05) is 41.8 Å². The van der Waals surface area contributed by atoms with Crippen molar-refractivity contribution in [1.82, 2.24) is 14.8 Å². The third kappa shape index (κ3) is 3.47. The highest BCUT2D eigenvalue weighted by Crippen LogP contribution is 2.35. The smallest absolute Gasteiger partial charge is 0.271 e. The first-order valence-corrected chi connectivity index (χ1v) is 12.1. The first-order chi connectivity index (χ1) is 15.4. The Hall–Kier alpha value is -2.54. The maximum absolute atomic E-state index is 13.8. The first kappa shape index (κ1) is 21.3. The van der Waals surface area contributed by atoms with Crippen LogP contribution in [0.2, 0.25) is 0 Å². The number of hydrogen-bond acceptors (Lipinski definition) is 3. The molecule has 5 rings (SSSR count). The van der Waals surface area contributed by atoms with Crippen molar-refractivity contribution in [3.63, 3.8) is 0 Å². The predicted molar refractivity (Wildman–Crippen MR) is 126 cm³/mol. The number of furan rings is 1. The Morgan fingerprint density at radius 2 is 2.03 bits per heavy atom. The van der Waals surface area contributed by atoms with Gasteiger partial charge in [-0.1, -0.05) is 53.9 Å². The lowest BCUT2D eigenvalue weighted by Gasteiger charge is -2.45. The molecule has 3 atom stereocenters. The van der Waals surface area contributed by atoms with Gasteiger partial charge in [-0.2, -0.15) is 0 Å². The molecule has 1 fully saturated rings. The number of hydrogen-bond donors (Lipinski definition) is 1. The maximum Gasteiger partial charge on any atom is 0.271 e. The summed E-state index contributed by atoms with van der Waals surface area (Å²) in [5.41, 5.74) is 2.01. The predicted octanol–water partition coefficient (Wildman–Crippen LogP) is 5.11. The van der Waals surface area contributed by atoms with Crippen molar-refractivity contribution in [1.29, 1.82) is 0 Å². The van der Waals surface area contributed by atoms with Crippen LogP contribution in [0.1, 0.15) is 55.6 Å². The van der Waals surface area contributed by atoms with Crippen molar-refractivity contribution in [2.24, 2.45) is 5.92 Å². The Morgan fingerprint density at radius 3 is 2.81 bits per heavy atom. The monoisotopic (exact) mass is 497 g/mol. The quantitative estimate of drug-likeness (QED) is 0.544. The minimum atomic E-state index is -1.03. The summed E-state index contributed by atoms with van der Waals surface area (Å²) in [6.45, 7) is 4.82. The Bertz CT molecular complexity index is 1180. The number of rotatable bonds is 4. The average molecular weight is 498 g/mol. The van der Waals surface area contributed by atoms with Gasteiger partial charge in [-0.15, -0.1) is 0 Å². The van der Waals surface area contributed by atoms with Gasteiger partial charge >= 0.3 is 0 Å². The largest absolute Gasteiger partial charge is 0.463 e. The summed E-state index contributed by atoms with van der Waals surface area (Å²) in [5, 5.41) is 3.31. The lowest BCUT2D eigenvalue weighted by atomic mass is 9.85. The minimum Gasteiger partial charge on any atom is -0.463 e. The molecule has 0 radical (unpaired) electrons. The van der Waals surface area contributed by atoms with E-state index in [-0.39, 0.29) is 17.9 Å². The number of aromatic nitrogens is 1. The van der Waals surface area contributed by atoms with Gasteiger partial charge in [0.05, 0.1) is 18.3 Å². The molecule has 2 aromatic heterocycles. The fourth-order valence-corrected chi connectivity index (χ4v) is 5.58. The number of halogens is 1. The van der Waals surface area contributed by atoms with Crippen LogP contribution in [0, 0.1) is 5.92 Å². The molecule has 1 aromatic carbocycles. The van der Waals surface area contributed by atoms with Gasteiger partial charge in [-0.05, 0) is 37.3 Å². The third-order valence-electron chi connectivity index (χ3n) is 7.25. The highest BCUT2D eigenvalue weighted by Gasteiger charge is 2.48. The Morgan fingerprint density at radius 1 is 1.25 bits per heavy atom. The van der Waals surface area contributed by atoms with Crippen LogP contribution >= 0.6 is 15.9 Å². The molecule has 0 spiro atoms. The Kier molecular flexibility index (Phi) is 5.40. The summed E-state index contributed by atoms with van der Waals surface area (Å²) in [5.74, 6) is 0.190. The fraction of sp³-hybridized carbons (Fsp3) is 0.440. The number of carbonyl (C=O) groups is 2. The van der Waals surface area contributed by atoms with Gasteiger partial charge in [0.1, 0.15) is 11.2 Å². The van der Waals surface area contributed by atoms with E-state index in [0.29, 0.717) is 30.3 Å². The molecule has 1 saturated carbocycles. The van der Waals surface area contributed by atoms with E-state index in [4.69, 9.17) is 4.42 Å². The van der Waals surface area contributed by atoms with Crippen LogP contribution in [-0.2, 0) is 17.9 Å². The molecule has 1 N–H and O–H groups in total. The number of benzene rings is 1. The zero-order valence-corrected chi connectivity index (χ0v) is 20.0. The third-order valence-corrected chi connectivity index (χ3v) is 8.03. The zero-order chi connectivity index (χ0) is 22.5. The molecule has 32 heavy (non-hydrogen) atoms. The molecular weight excluding hydrogens is 470 g/mol. The van der Waals surface area contributed by atoms with Crippen LogP contribution in [0.3, 0.4) is 0 Å². The summed E-state index contributed by atoms with van der Waals surface area (Å²) in [6.07, 6.45) is 6.07. The summed E-state index contributed by atoms with van der Waals surface area (Å²) in [7, 11) is 0. The van der Waals surface area contributed by atoms with Crippen LogP contribution in [0.25, 0.3) is 11.1 Å². The van der Waals surface area contributed by atoms with Gasteiger partial charge < -0.3 is 19.2 Å². The number of nitrogens with one attached hydrogen (secondary N) is 1. The van der Waals surface area contributed by atoms with Gasteiger partial charge in [0.2, 0.25) is 5.91 Å². The molecule has 0 bridgehead atoms. The second-order valence-electron chi connectivity index (χ2n) is 9.38. The molecular formula is C25H28BrN3O3. The molecule has 2 amide bonds. The van der Waals surface area contributed by atoms with Gasteiger partial charge in [-0.25, -0.2) is 0 Å². The molecule has 0 saturated heterocycles. The van der Waals surface area contributed by atoms with Gasteiger partial charge in [0.25, 0.3) is 5.91 Å². The SMILES string of the molecule is C[C@@H]1CCCC[C@@H]1NC(=O)[C@@]1(C)Cn2c(cc3occc32)C(=O)N1Cc1ccccc1Br. The first-order valence-electron chi connectivity index (χ1n) is 11.3. The molecule has 7 heteroatoms. The lowest BCUT2D eigenvalue weighted by molar-refractivity contribution is -0.134. The molecule has 3 heterocycles. The second kappa shape index (κ2) is 8.10. The van der Waals surface area contributed by atoms with Crippen LogP contribution in [-0.4, -0.2) is 32.9 Å². The van der Waals surface area contributed by atoms with Gasteiger partial charge in [-0.3, -0.25) is 9.59 Å². The van der Waals surface area contributed by atoms with Crippen molar-refractivity contribution in [2.45, 2.75) is 64.2 Å². The fourth-order valence-electron chi connectivity index (χ4n) is 5.17. The highest BCUT2D eigenvalue weighted by atomic mass is 79.9. The summed E-state index contributed by atoms with van der Waals surface area (Å²) in [4.78, 5) is 29.3. The van der Waals surface area contributed by atoms with E-state index in [1.165, 1.54) is 6.42 Å². The van der Waals surface area contributed by atoms with E-state index >= 15 is 0 Å². The van der Waals surface area contributed by atoms with Crippen molar-refractivity contribution < 1.29 is 14.0 Å². The van der Waals surface area contributed by atoms with Crippen molar-refractivity contribution >= 4 is 38.8 Å². The van der Waals surface area contributed by atoms with Crippen molar-refractivity contribution in [3.05, 3.63) is 58.4 Å². The van der Waals surface area contributed by atoms with E-state index in [9.17, 15) is 9.59 Å². The van der Waals surface area contributed by atoms with E-state index in [1.54, 1.807) is 17.2 Å². The van der Waals surface area contributed by atoms with Crippen LogP contribution in [0.4, 0.5) is 0 Å². The summed E-state index contributed by atoms with van der Waals surface area (Å²) in [6, 6.07) is 11.6. The summed E-state index contributed by atoms with van der Waals surface area (Å²) >= 11 is 3.60. The van der Waals surface area contributed by atoms with E-state index in [2.05, 4.69) is 28.2 Å². The van der Waals surface area contributed by atoms with Gasteiger partial charge in [0.15, 0.2) is 5.58 Å². The Balaban J connectivity index is 1.54. The lowest BCUT2D eigenvalue weighted by Crippen LogP contribution is -2.65. The Labute approximate surface area is 196 Å². The molecule has 3 aromatic rings. The van der Waals surface area contributed by atoms with Crippen LogP contribution < -0.4 is 5.32 Å². The highest BCUT2D eigenvalue weighted by molar-refractivity contribution is 9.10. The number of carbonyl (C=O) groups excluding carboxylic acids is 2. The van der Waals surface area contributed by atoms with Crippen molar-refractivity contribution in [2.75, 3.05) is 0 Å². The molecule has 2 aliphatic rings. The van der Waals surface area contributed by atoms with E-state index < -0.39 is 5.54 Å². The zero-order valence-electron chi connectivity index (χ0n) is 18.4. The van der Waals surface area contributed by atoms with Crippen LogP contribution in [0.15, 0.2) is 51.6 Å². The second-order valence-corrected chi connectivity index (χ2v) is 10.2. The molecule has 0 unspecified atom stereocenters. The van der Waals surface area contributed by atoms with Crippen LogP contribution in [0.5, 0.6) is 0 Å². The van der Waals surface area contributed by atoms with Gasteiger partial charge in [0, 0.05) is 29.2 Å². The molecule has 6 nitrogen and oxygen atoms in total. The average Bonchev–Trinajstić information content (AvgIpc) is 3.36. The minimum absolute atomic E-state index is 0.0901. The normalized spacial score (nSPS) is 25.7. The number of amides is 2. The standard InChI is InChI=1S/C25H28BrN3O3/c1-16-7-3-6-10-19(16)27-24(31)25(2)15-28-20-11-12-32-22(20)13-21(28)23(30)29(25)14-17-8-4-5-9-18(17)26/h4-5,8-9,11-13,16,19H,3,6-7,10,14-15H2,1-2H3,(H,27,31)/t16-,19+,25-/m1/s1. The van der Waals surface area contributed by atoms with E-state index in [0.717, 1.165) is 34.8 Å². The molecule has 1 aliphatic heterocycles. The number of nitrogens with zero attached hydrogens (tertiary/aromatic N) is 2. The van der Waals surface area contributed by atoms with Crippen molar-refractivity contribution in [3.8, 4) is 0 Å².